The lowest BCUT2D eigenvalue weighted by Crippen LogP contribution is -2.34. The Morgan fingerprint density at radius 3 is 2.88 bits per heavy atom. The molecule has 0 spiro atoms. The summed E-state index contributed by atoms with van der Waals surface area (Å²) in [5.41, 5.74) is 5.62. The molecule has 0 unspecified atom stereocenters. The molecule has 0 aromatic carbocycles. The third kappa shape index (κ3) is 2.94. The van der Waals surface area contributed by atoms with E-state index in [9.17, 15) is 0 Å². The molecule has 1 N–H and O–H groups in total. The molecule has 1 fully saturated rings. The predicted octanol–water partition coefficient (Wildman–Crippen LogP) is 2.76. The van der Waals surface area contributed by atoms with E-state index in [4.69, 9.17) is 4.98 Å². The van der Waals surface area contributed by atoms with Crippen molar-refractivity contribution < 1.29 is 0 Å². The van der Waals surface area contributed by atoms with Crippen molar-refractivity contribution in [2.75, 3.05) is 13.1 Å². The minimum absolute atomic E-state index is 0.517. The van der Waals surface area contributed by atoms with Crippen LogP contribution in [0.1, 0.15) is 47.2 Å². The number of imidazole rings is 1. The van der Waals surface area contributed by atoms with Crippen LogP contribution in [0.25, 0.3) is 5.78 Å². The fourth-order valence-electron chi connectivity index (χ4n) is 3.71. The van der Waals surface area contributed by atoms with Crippen molar-refractivity contribution in [2.45, 2.75) is 46.1 Å². The highest BCUT2D eigenvalue weighted by Gasteiger charge is 2.23. The number of aromatic nitrogens is 5. The van der Waals surface area contributed by atoms with E-state index in [1.165, 1.54) is 24.2 Å². The van der Waals surface area contributed by atoms with Crippen molar-refractivity contribution in [3.8, 4) is 0 Å². The van der Waals surface area contributed by atoms with Crippen molar-refractivity contribution in [1.29, 1.82) is 0 Å². The lowest BCUT2D eigenvalue weighted by Gasteiger charge is -2.31. The van der Waals surface area contributed by atoms with E-state index >= 15 is 0 Å². The number of rotatable bonds is 3. The molecule has 6 heteroatoms. The van der Waals surface area contributed by atoms with E-state index in [1.807, 2.05) is 6.92 Å². The summed E-state index contributed by atoms with van der Waals surface area (Å²) in [4.78, 5) is 11.7. The van der Waals surface area contributed by atoms with Gasteiger partial charge >= 0.3 is 0 Å². The lowest BCUT2D eigenvalue weighted by atomic mass is 9.94. The van der Waals surface area contributed by atoms with Gasteiger partial charge in [-0.15, -0.1) is 0 Å². The quantitative estimate of drug-likeness (QED) is 0.805. The molecule has 1 aliphatic heterocycles. The molecule has 0 amide bonds. The molecule has 1 saturated heterocycles. The number of aryl methyl sites for hydroxylation is 3. The number of hydrogen-bond donors (Lipinski definition) is 1. The van der Waals surface area contributed by atoms with Gasteiger partial charge in [0.2, 0.25) is 5.78 Å². The molecule has 4 heterocycles. The van der Waals surface area contributed by atoms with Gasteiger partial charge in [0, 0.05) is 42.3 Å². The van der Waals surface area contributed by atoms with Crippen molar-refractivity contribution in [3.63, 3.8) is 0 Å². The summed E-state index contributed by atoms with van der Waals surface area (Å²) in [6.07, 6.45) is 4.55. The van der Waals surface area contributed by atoms with Crippen LogP contribution in [0.15, 0.2) is 18.3 Å². The normalized spacial score (nSPS) is 19.2. The van der Waals surface area contributed by atoms with Crippen molar-refractivity contribution in [3.05, 3.63) is 46.8 Å². The van der Waals surface area contributed by atoms with Gasteiger partial charge in [0.05, 0.1) is 11.4 Å². The molecule has 0 bridgehead atoms. The molecule has 3 aromatic heterocycles. The van der Waals surface area contributed by atoms with Gasteiger partial charge in [0.25, 0.3) is 0 Å². The average Bonchev–Trinajstić information content (AvgIpc) is 3.14. The number of likely N-dealkylation sites (tertiary alicyclic amines) is 1. The first-order valence-corrected chi connectivity index (χ1v) is 8.65. The molecule has 3 aromatic rings. The highest BCUT2D eigenvalue weighted by Crippen LogP contribution is 2.26. The Labute approximate surface area is 141 Å². The fourth-order valence-corrected chi connectivity index (χ4v) is 3.71. The molecule has 0 aliphatic carbocycles. The van der Waals surface area contributed by atoms with Crippen molar-refractivity contribution >= 4 is 5.78 Å². The van der Waals surface area contributed by atoms with E-state index in [0.29, 0.717) is 5.92 Å². The monoisotopic (exact) mass is 324 g/mol. The van der Waals surface area contributed by atoms with E-state index in [1.54, 1.807) is 0 Å². The molecular weight excluding hydrogens is 300 g/mol. The Kier molecular flexibility index (Phi) is 3.84. The van der Waals surface area contributed by atoms with Crippen LogP contribution in [0.2, 0.25) is 0 Å². The summed E-state index contributed by atoms with van der Waals surface area (Å²) in [6.45, 7) is 9.22. The first-order valence-electron chi connectivity index (χ1n) is 8.65. The largest absolute Gasteiger partial charge is 0.297 e. The number of aromatic amines is 1. The Balaban J connectivity index is 1.51. The average molecular weight is 324 g/mol. The molecule has 0 saturated carbocycles. The third-order valence-corrected chi connectivity index (χ3v) is 4.85. The molecule has 24 heavy (non-hydrogen) atoms. The third-order valence-electron chi connectivity index (χ3n) is 4.85. The van der Waals surface area contributed by atoms with Crippen LogP contribution < -0.4 is 0 Å². The van der Waals surface area contributed by atoms with Crippen LogP contribution in [-0.4, -0.2) is 42.6 Å². The minimum atomic E-state index is 0.517. The summed E-state index contributed by atoms with van der Waals surface area (Å²) in [7, 11) is 0. The van der Waals surface area contributed by atoms with Crippen LogP contribution in [0, 0.1) is 20.8 Å². The minimum Gasteiger partial charge on any atom is -0.297 e. The van der Waals surface area contributed by atoms with Gasteiger partial charge in [-0.25, -0.2) is 9.97 Å². The first kappa shape index (κ1) is 15.3. The number of piperidine rings is 1. The molecule has 1 aliphatic rings. The van der Waals surface area contributed by atoms with Gasteiger partial charge in [-0.3, -0.25) is 14.4 Å². The number of H-pyrrole nitrogens is 1. The van der Waals surface area contributed by atoms with Crippen LogP contribution >= 0.6 is 0 Å². The maximum absolute atomic E-state index is 4.72. The number of fused-ring (bicyclic) bond motifs is 1. The second-order valence-electron chi connectivity index (χ2n) is 6.99. The molecule has 4 rings (SSSR count). The smallest absolute Gasteiger partial charge is 0.234 e. The zero-order chi connectivity index (χ0) is 16.7. The van der Waals surface area contributed by atoms with Crippen LogP contribution in [0.5, 0.6) is 0 Å². The highest BCUT2D eigenvalue weighted by atomic mass is 15.2. The fraction of sp³-hybridized carbons (Fsp3) is 0.500. The van der Waals surface area contributed by atoms with Gasteiger partial charge in [-0.2, -0.15) is 5.10 Å². The van der Waals surface area contributed by atoms with Gasteiger partial charge in [-0.05, 0) is 52.3 Å². The zero-order valence-electron chi connectivity index (χ0n) is 14.6. The van der Waals surface area contributed by atoms with E-state index < -0.39 is 0 Å². The molecule has 126 valence electrons. The predicted molar refractivity (Wildman–Crippen MR) is 93.0 cm³/mol. The molecular formula is C18H24N6. The van der Waals surface area contributed by atoms with Crippen LogP contribution in [-0.2, 0) is 6.54 Å². The Morgan fingerprint density at radius 1 is 1.21 bits per heavy atom. The van der Waals surface area contributed by atoms with Gasteiger partial charge < -0.3 is 0 Å². The second-order valence-corrected chi connectivity index (χ2v) is 6.99. The highest BCUT2D eigenvalue weighted by molar-refractivity contribution is 5.34. The molecule has 1 atom stereocenters. The zero-order valence-corrected chi connectivity index (χ0v) is 14.6. The van der Waals surface area contributed by atoms with Gasteiger partial charge in [0.1, 0.15) is 0 Å². The Hall–Kier alpha value is -2.21. The maximum Gasteiger partial charge on any atom is 0.234 e. The van der Waals surface area contributed by atoms with Crippen molar-refractivity contribution in [1.82, 2.24) is 29.5 Å². The SMILES string of the molecule is Cc1cc(C)n2cc(CN3CCC[C@H](c4cc(C)[nH]n4)C3)nc2n1. The van der Waals surface area contributed by atoms with Gasteiger partial charge in [0.15, 0.2) is 0 Å². The lowest BCUT2D eigenvalue weighted by molar-refractivity contribution is 0.196. The number of hydrogen-bond acceptors (Lipinski definition) is 4. The standard InChI is InChI=1S/C18H24N6/c1-12-7-14(3)24-11-16(20-18(24)19-12)10-23-6-4-5-15(9-23)17-8-13(2)21-22-17/h7-8,11,15H,4-6,9-10H2,1-3H3,(H,21,22)/t15-/m0/s1. The van der Waals surface area contributed by atoms with E-state index in [-0.39, 0.29) is 0 Å². The Morgan fingerprint density at radius 2 is 2.08 bits per heavy atom. The van der Waals surface area contributed by atoms with E-state index in [2.05, 4.69) is 56.7 Å². The van der Waals surface area contributed by atoms with Gasteiger partial charge in [-0.1, -0.05) is 0 Å². The summed E-state index contributed by atoms with van der Waals surface area (Å²) in [6, 6.07) is 4.27. The van der Waals surface area contributed by atoms with Crippen LogP contribution in [0.3, 0.4) is 0 Å². The summed E-state index contributed by atoms with van der Waals surface area (Å²) < 4.78 is 2.08. The maximum atomic E-state index is 4.72. The topological polar surface area (TPSA) is 62.1 Å². The summed E-state index contributed by atoms with van der Waals surface area (Å²) >= 11 is 0. The number of nitrogens with one attached hydrogen (secondary N) is 1. The van der Waals surface area contributed by atoms with Crippen LogP contribution in [0.4, 0.5) is 0 Å². The number of nitrogens with zero attached hydrogens (tertiary/aromatic N) is 5. The summed E-state index contributed by atoms with van der Waals surface area (Å²) in [5.74, 6) is 1.32. The first-order chi connectivity index (χ1) is 11.6. The van der Waals surface area contributed by atoms with E-state index in [0.717, 1.165) is 42.5 Å². The Bertz CT molecular complexity index is 862. The molecule has 0 radical (unpaired) electrons. The van der Waals surface area contributed by atoms with Crippen molar-refractivity contribution in [2.24, 2.45) is 0 Å². The molecule has 6 nitrogen and oxygen atoms in total. The summed E-state index contributed by atoms with van der Waals surface area (Å²) in [5, 5.41) is 7.52. The second kappa shape index (κ2) is 6.02.